The molecule has 2 aromatic carbocycles. The summed E-state index contributed by atoms with van der Waals surface area (Å²) in [5.74, 6) is -2.00. The summed E-state index contributed by atoms with van der Waals surface area (Å²) in [6, 6.07) is 9.74. The van der Waals surface area contributed by atoms with E-state index in [9.17, 15) is 22.8 Å². The van der Waals surface area contributed by atoms with Gasteiger partial charge in [0.1, 0.15) is 0 Å². The minimum absolute atomic E-state index is 0.0218. The number of amides is 1. The first kappa shape index (κ1) is 24.4. The van der Waals surface area contributed by atoms with E-state index in [4.69, 9.17) is 4.74 Å². The fourth-order valence-electron chi connectivity index (χ4n) is 3.60. The van der Waals surface area contributed by atoms with Gasteiger partial charge in [-0.2, -0.15) is 4.31 Å². The van der Waals surface area contributed by atoms with Crippen molar-refractivity contribution in [2.45, 2.75) is 30.6 Å². The minimum atomic E-state index is -3.74. The van der Waals surface area contributed by atoms with Gasteiger partial charge in [0.2, 0.25) is 10.0 Å². The van der Waals surface area contributed by atoms with Crippen molar-refractivity contribution < 1.29 is 32.3 Å². The molecule has 0 saturated carbocycles. The summed E-state index contributed by atoms with van der Waals surface area (Å²) in [7, 11) is -1.34. The van der Waals surface area contributed by atoms with Crippen molar-refractivity contribution in [2.75, 3.05) is 32.6 Å². The normalized spacial score (nSPS) is 14.7. The number of carbonyl (C=O) groups is 3. The minimum Gasteiger partial charge on any atom is -0.465 e. The molecule has 0 spiro atoms. The van der Waals surface area contributed by atoms with Gasteiger partial charge < -0.3 is 14.8 Å². The zero-order valence-electron chi connectivity index (χ0n) is 18.5. The van der Waals surface area contributed by atoms with Gasteiger partial charge in [0.05, 0.1) is 35.9 Å². The number of nitrogens with zero attached hydrogens (tertiary/aromatic N) is 1. The average molecular weight is 475 g/mol. The van der Waals surface area contributed by atoms with Gasteiger partial charge in [-0.05, 0) is 49.2 Å². The molecule has 1 heterocycles. The lowest BCUT2D eigenvalue weighted by molar-refractivity contribution is 0.0587. The van der Waals surface area contributed by atoms with Crippen molar-refractivity contribution in [2.24, 2.45) is 0 Å². The second-order valence-electron chi connectivity index (χ2n) is 7.54. The summed E-state index contributed by atoms with van der Waals surface area (Å²) < 4.78 is 37.1. The van der Waals surface area contributed by atoms with Crippen LogP contribution in [0.1, 0.15) is 56.8 Å². The van der Waals surface area contributed by atoms with Gasteiger partial charge in [-0.1, -0.05) is 18.9 Å². The maximum atomic E-state index is 13.1. The molecule has 176 valence electrons. The molecule has 0 bridgehead atoms. The molecule has 0 aromatic heterocycles. The summed E-state index contributed by atoms with van der Waals surface area (Å²) in [4.78, 5) is 37.0. The van der Waals surface area contributed by atoms with Crippen LogP contribution in [0.2, 0.25) is 0 Å². The quantitative estimate of drug-likeness (QED) is 0.639. The van der Waals surface area contributed by atoms with Gasteiger partial charge in [0.15, 0.2) is 0 Å². The standard InChI is InChI=1S/C23H26N2O7S/c1-31-22(27)17-10-11-19(23(28)32-2)20(15-17)24-21(26)16-8-7-9-18(14-16)33(29,30)25-12-5-3-4-6-13-25/h7-11,14-15H,3-6,12-13H2,1-2H3,(H,24,26). The molecule has 9 nitrogen and oxygen atoms in total. The van der Waals surface area contributed by atoms with Crippen molar-refractivity contribution in [3.05, 3.63) is 59.2 Å². The summed E-state index contributed by atoms with van der Waals surface area (Å²) in [5, 5.41) is 2.57. The van der Waals surface area contributed by atoms with Gasteiger partial charge in [0.25, 0.3) is 5.91 Å². The van der Waals surface area contributed by atoms with Gasteiger partial charge in [-0.3, -0.25) is 4.79 Å². The Bertz CT molecular complexity index is 1150. The molecule has 1 fully saturated rings. The Morgan fingerprint density at radius 2 is 1.52 bits per heavy atom. The van der Waals surface area contributed by atoms with Crippen molar-refractivity contribution >= 4 is 33.6 Å². The first-order valence-electron chi connectivity index (χ1n) is 10.5. The predicted molar refractivity (Wildman–Crippen MR) is 121 cm³/mol. The monoisotopic (exact) mass is 474 g/mol. The first-order valence-corrected chi connectivity index (χ1v) is 11.9. The molecule has 1 aliphatic heterocycles. The summed E-state index contributed by atoms with van der Waals surface area (Å²) in [5.41, 5.74) is 0.283. The number of hydrogen-bond acceptors (Lipinski definition) is 7. The predicted octanol–water partition coefficient (Wildman–Crippen LogP) is 3.08. The smallest absolute Gasteiger partial charge is 0.339 e. The van der Waals surface area contributed by atoms with Crippen LogP contribution in [0.3, 0.4) is 0 Å². The van der Waals surface area contributed by atoms with Crippen LogP contribution < -0.4 is 5.32 Å². The lowest BCUT2D eigenvalue weighted by atomic mass is 10.1. The van der Waals surface area contributed by atoms with Crippen LogP contribution in [0.25, 0.3) is 0 Å². The zero-order chi connectivity index (χ0) is 24.0. The van der Waals surface area contributed by atoms with E-state index in [-0.39, 0.29) is 27.3 Å². The number of carbonyl (C=O) groups excluding carboxylic acids is 3. The van der Waals surface area contributed by atoms with Crippen molar-refractivity contribution in [3.63, 3.8) is 0 Å². The van der Waals surface area contributed by atoms with Gasteiger partial charge in [-0.25, -0.2) is 18.0 Å². The van der Waals surface area contributed by atoms with E-state index in [0.29, 0.717) is 13.1 Å². The molecule has 0 atom stereocenters. The van der Waals surface area contributed by atoms with Gasteiger partial charge in [0, 0.05) is 18.7 Å². The lowest BCUT2D eigenvalue weighted by Gasteiger charge is -2.20. The van der Waals surface area contributed by atoms with Crippen LogP contribution in [0, 0.1) is 0 Å². The largest absolute Gasteiger partial charge is 0.465 e. The molecule has 1 N–H and O–H groups in total. The average Bonchev–Trinajstić information content (AvgIpc) is 3.13. The van der Waals surface area contributed by atoms with Crippen LogP contribution in [-0.2, 0) is 19.5 Å². The third-order valence-electron chi connectivity index (χ3n) is 5.39. The number of nitrogens with one attached hydrogen (secondary N) is 1. The van der Waals surface area contributed by atoms with E-state index in [1.807, 2.05) is 0 Å². The molecule has 3 rings (SSSR count). The molecule has 1 aliphatic rings. The highest BCUT2D eigenvalue weighted by Crippen LogP contribution is 2.23. The van der Waals surface area contributed by atoms with Gasteiger partial charge in [-0.15, -0.1) is 0 Å². The van der Waals surface area contributed by atoms with Crippen LogP contribution in [0.5, 0.6) is 0 Å². The molecular formula is C23H26N2O7S. The van der Waals surface area contributed by atoms with E-state index in [1.165, 1.54) is 61.0 Å². The molecule has 10 heteroatoms. The maximum Gasteiger partial charge on any atom is 0.339 e. The fourth-order valence-corrected chi connectivity index (χ4v) is 5.17. The van der Waals surface area contributed by atoms with Crippen molar-refractivity contribution in [3.8, 4) is 0 Å². The molecule has 2 aromatic rings. The van der Waals surface area contributed by atoms with E-state index in [0.717, 1.165) is 25.7 Å². The highest BCUT2D eigenvalue weighted by molar-refractivity contribution is 7.89. The third kappa shape index (κ3) is 5.58. The Labute approximate surface area is 192 Å². The number of esters is 2. The molecule has 0 radical (unpaired) electrons. The van der Waals surface area contributed by atoms with Gasteiger partial charge >= 0.3 is 11.9 Å². The topological polar surface area (TPSA) is 119 Å². The number of rotatable bonds is 6. The van der Waals surface area contributed by atoms with Crippen LogP contribution in [-0.4, -0.2) is 57.9 Å². The highest BCUT2D eigenvalue weighted by Gasteiger charge is 2.26. The molecule has 0 unspecified atom stereocenters. The number of methoxy groups -OCH3 is 2. The number of ether oxygens (including phenoxy) is 2. The Hall–Kier alpha value is -3.24. The lowest BCUT2D eigenvalue weighted by Crippen LogP contribution is -2.32. The zero-order valence-corrected chi connectivity index (χ0v) is 19.3. The Kier molecular flexibility index (Phi) is 7.83. The second-order valence-corrected chi connectivity index (χ2v) is 9.48. The Morgan fingerprint density at radius 3 is 2.15 bits per heavy atom. The van der Waals surface area contributed by atoms with Crippen molar-refractivity contribution in [1.82, 2.24) is 4.31 Å². The molecule has 0 aliphatic carbocycles. The molecular weight excluding hydrogens is 448 g/mol. The van der Waals surface area contributed by atoms with Crippen LogP contribution in [0.4, 0.5) is 5.69 Å². The number of hydrogen-bond donors (Lipinski definition) is 1. The Balaban J connectivity index is 1.91. The number of benzene rings is 2. The highest BCUT2D eigenvalue weighted by atomic mass is 32.2. The summed E-state index contributed by atoms with van der Waals surface area (Å²) in [6.45, 7) is 0.892. The summed E-state index contributed by atoms with van der Waals surface area (Å²) in [6.07, 6.45) is 3.57. The van der Waals surface area contributed by atoms with E-state index >= 15 is 0 Å². The SMILES string of the molecule is COC(=O)c1ccc(C(=O)OC)c(NC(=O)c2cccc(S(=O)(=O)N3CCCCCC3)c2)c1. The first-order chi connectivity index (χ1) is 15.8. The van der Waals surface area contributed by atoms with Crippen LogP contribution >= 0.6 is 0 Å². The molecule has 1 amide bonds. The number of sulfonamides is 1. The number of anilines is 1. The molecule has 1 saturated heterocycles. The van der Waals surface area contributed by atoms with Crippen molar-refractivity contribution in [1.29, 1.82) is 0 Å². The van der Waals surface area contributed by atoms with Crippen LogP contribution in [0.15, 0.2) is 47.4 Å². The second kappa shape index (κ2) is 10.6. The van der Waals surface area contributed by atoms with E-state index in [1.54, 1.807) is 0 Å². The maximum absolute atomic E-state index is 13.1. The summed E-state index contributed by atoms with van der Waals surface area (Å²) >= 11 is 0. The van der Waals surface area contributed by atoms with E-state index < -0.39 is 27.9 Å². The fraction of sp³-hybridized carbons (Fsp3) is 0.348. The third-order valence-corrected chi connectivity index (χ3v) is 7.29. The molecule has 33 heavy (non-hydrogen) atoms. The Morgan fingerprint density at radius 1 is 0.848 bits per heavy atom. The van der Waals surface area contributed by atoms with E-state index in [2.05, 4.69) is 10.1 Å².